The molecular weight excluding hydrogens is 1040 g/mol. The van der Waals surface area contributed by atoms with Gasteiger partial charge in [-0.3, -0.25) is 19.8 Å². The van der Waals surface area contributed by atoms with E-state index in [9.17, 15) is 34.5 Å². The molecule has 2 saturated heterocycles. The van der Waals surface area contributed by atoms with Crippen molar-refractivity contribution in [3.63, 3.8) is 0 Å². The molecule has 2 bridgehead atoms. The molecule has 80 heavy (non-hydrogen) atoms. The number of rotatable bonds is 12. The number of terminal acetylenes is 1. The lowest BCUT2D eigenvalue weighted by Gasteiger charge is -2.42. The SMILES string of the molecule is C#CCCCCO[C@@H]1CC[C@@H](C[C@@H](C)[C@@H]2C/C(=N/NC(=S)Nc3ccccc3)[C@H](C)/C=C(\C)[C@@H](O)[C@@H](O)C(=O)[C@H](C)C[C@H](C)/C=C/C=C/C=C(\C)[C@@H](OC)C[C@@H]3CC[C@@H](C)[C@@](O)(O3)C(=O)C(=O)N3CCCC[C@H]3C(=O)O2)C[C@H]1OC. The summed E-state index contributed by atoms with van der Waals surface area (Å²) in [5.41, 5.74) is 5.37. The molecule has 15 atom stereocenters. The van der Waals surface area contributed by atoms with E-state index in [4.69, 9.17) is 47.4 Å². The van der Waals surface area contributed by atoms with E-state index in [-0.39, 0.29) is 54.5 Å². The molecule has 3 fully saturated rings. The largest absolute Gasteiger partial charge is 0.460 e. The number of hydrazone groups is 1. The van der Waals surface area contributed by atoms with Crippen LogP contribution in [0.3, 0.4) is 0 Å². The number of allylic oxidation sites excluding steroid dienone is 6. The molecule has 4 aliphatic rings. The quantitative estimate of drug-likeness (QED) is 0.0251. The molecule has 1 saturated carbocycles. The molecule has 0 aromatic heterocycles. The Hall–Kier alpha value is -4.90. The number of cyclic esters (lactones) is 1. The molecule has 0 spiro atoms. The summed E-state index contributed by atoms with van der Waals surface area (Å²) in [5.74, 6) is -5.18. The number of aliphatic hydroxyl groups is 3. The van der Waals surface area contributed by atoms with Gasteiger partial charge in [-0.05, 0) is 144 Å². The Labute approximate surface area is 481 Å². The predicted molar refractivity (Wildman–Crippen MR) is 315 cm³/mol. The Balaban J connectivity index is 1.54. The second kappa shape index (κ2) is 32.7. The van der Waals surface area contributed by atoms with Crippen LogP contribution < -0.4 is 10.7 Å². The number of ketones is 2. The minimum atomic E-state index is -2.45. The fourth-order valence-electron chi connectivity index (χ4n) is 11.6. The highest BCUT2D eigenvalue weighted by atomic mass is 32.1. The highest BCUT2D eigenvalue weighted by Crippen LogP contribution is 2.38. The van der Waals surface area contributed by atoms with Crippen LogP contribution in [0.1, 0.15) is 145 Å². The van der Waals surface area contributed by atoms with E-state index in [1.807, 2.05) is 88.4 Å². The molecule has 1 aromatic rings. The van der Waals surface area contributed by atoms with Gasteiger partial charge in [0.2, 0.25) is 5.79 Å². The maximum atomic E-state index is 15.0. The number of hydrogen-bond acceptors (Lipinski definition) is 14. The third kappa shape index (κ3) is 19.1. The fourth-order valence-corrected chi connectivity index (χ4v) is 11.8. The zero-order valence-electron chi connectivity index (χ0n) is 48.9. The Bertz CT molecular complexity index is 2400. The number of carbonyl (C=O) groups is 4. The van der Waals surface area contributed by atoms with Crippen molar-refractivity contribution < 1.29 is 58.2 Å². The number of thiocarbonyl (C=S) groups is 1. The lowest BCUT2D eigenvalue weighted by atomic mass is 9.78. The molecular formula is C63H92N4O12S. The summed E-state index contributed by atoms with van der Waals surface area (Å²) in [6, 6.07) is 8.17. The molecule has 1 aromatic carbocycles. The molecule has 1 aliphatic carbocycles. The summed E-state index contributed by atoms with van der Waals surface area (Å²) < 4.78 is 31.1. The first kappa shape index (κ1) is 65.9. The maximum Gasteiger partial charge on any atom is 0.329 e. The third-order valence-electron chi connectivity index (χ3n) is 16.6. The topological polar surface area (TPSA) is 215 Å². The first-order valence-electron chi connectivity index (χ1n) is 29.1. The highest BCUT2D eigenvalue weighted by molar-refractivity contribution is 7.80. The van der Waals surface area contributed by atoms with Crippen molar-refractivity contribution >= 4 is 52.2 Å². The van der Waals surface area contributed by atoms with Crippen LogP contribution in [0.5, 0.6) is 0 Å². The van der Waals surface area contributed by atoms with E-state index in [0.29, 0.717) is 75.7 Å². The van der Waals surface area contributed by atoms with Gasteiger partial charge in [0.15, 0.2) is 10.9 Å². The van der Waals surface area contributed by atoms with Gasteiger partial charge >= 0.3 is 5.97 Å². The molecule has 3 heterocycles. The smallest absolute Gasteiger partial charge is 0.329 e. The van der Waals surface area contributed by atoms with E-state index in [2.05, 4.69) is 16.7 Å². The summed E-state index contributed by atoms with van der Waals surface area (Å²) in [7, 11) is 3.27. The Morgan fingerprint density at radius 3 is 2.38 bits per heavy atom. The number of fused-ring (bicyclic) bond motifs is 3. The summed E-state index contributed by atoms with van der Waals surface area (Å²) in [6.07, 6.45) is 19.7. The van der Waals surface area contributed by atoms with Crippen molar-refractivity contribution in [3.05, 3.63) is 77.9 Å². The molecule has 5 rings (SSSR count). The highest BCUT2D eigenvalue weighted by Gasteiger charge is 2.53. The van der Waals surface area contributed by atoms with Crippen LogP contribution in [0, 0.1) is 47.9 Å². The molecule has 3 aliphatic heterocycles. The van der Waals surface area contributed by atoms with Crippen LogP contribution >= 0.6 is 12.2 Å². The van der Waals surface area contributed by atoms with Gasteiger partial charge in [-0.15, -0.1) is 12.3 Å². The number of Topliss-reactive ketones (excluding diaryl/α,β-unsaturated/α-hetero) is 2. The van der Waals surface area contributed by atoms with Crippen molar-refractivity contribution in [1.82, 2.24) is 10.3 Å². The molecule has 1 amide bonds. The zero-order valence-corrected chi connectivity index (χ0v) is 49.7. The Kier molecular flexibility index (Phi) is 26.9. The number of ether oxygens (including phenoxy) is 5. The number of nitrogens with zero attached hydrogens (tertiary/aromatic N) is 2. The van der Waals surface area contributed by atoms with Crippen molar-refractivity contribution in [2.24, 2.45) is 40.6 Å². The molecule has 17 heteroatoms. The van der Waals surface area contributed by atoms with Crippen molar-refractivity contribution in [2.75, 3.05) is 32.7 Å². The number of nitrogens with one attached hydrogen (secondary N) is 2. The van der Waals surface area contributed by atoms with Gasteiger partial charge in [0, 0.05) is 75.8 Å². The molecule has 5 N–H and O–H groups in total. The number of carbonyl (C=O) groups excluding carboxylic acids is 4. The van der Waals surface area contributed by atoms with Crippen LogP contribution in [0.2, 0.25) is 0 Å². The molecule has 0 radical (unpaired) electrons. The first-order valence-corrected chi connectivity index (χ1v) is 29.5. The van der Waals surface area contributed by atoms with Crippen molar-refractivity contribution in [2.45, 2.75) is 199 Å². The number of unbranched alkanes of at least 4 members (excludes halogenated alkanes) is 2. The maximum absolute atomic E-state index is 15.0. The van der Waals surface area contributed by atoms with Gasteiger partial charge in [0.05, 0.1) is 24.4 Å². The van der Waals surface area contributed by atoms with Gasteiger partial charge in [-0.1, -0.05) is 89.3 Å². The first-order chi connectivity index (χ1) is 38.2. The number of hydrogen-bond donors (Lipinski definition) is 5. The number of aliphatic hydroxyl groups excluding tert-OH is 2. The summed E-state index contributed by atoms with van der Waals surface area (Å²) in [6.45, 7) is 13.5. The Morgan fingerprint density at radius 1 is 0.912 bits per heavy atom. The van der Waals surface area contributed by atoms with Crippen LogP contribution in [-0.4, -0.2) is 136 Å². The third-order valence-corrected chi connectivity index (χ3v) is 16.8. The van der Waals surface area contributed by atoms with Crippen molar-refractivity contribution in [1.29, 1.82) is 0 Å². The average molecular weight is 1130 g/mol. The number of esters is 1. The minimum Gasteiger partial charge on any atom is -0.460 e. The van der Waals surface area contributed by atoms with Gasteiger partial charge in [-0.25, -0.2) is 4.79 Å². The zero-order chi connectivity index (χ0) is 58.5. The van der Waals surface area contributed by atoms with E-state index in [1.165, 1.54) is 4.90 Å². The van der Waals surface area contributed by atoms with Crippen LogP contribution in [0.4, 0.5) is 5.69 Å². The normalized spacial score (nSPS) is 35.3. The summed E-state index contributed by atoms with van der Waals surface area (Å²) >= 11 is 5.70. The number of piperidine rings is 1. The molecule has 0 unspecified atom stereocenters. The second-order valence-electron chi connectivity index (χ2n) is 23.0. The van der Waals surface area contributed by atoms with E-state index in [0.717, 1.165) is 36.9 Å². The lowest BCUT2D eigenvalue weighted by molar-refractivity contribution is -0.265. The van der Waals surface area contributed by atoms with E-state index < -0.39 is 83.5 Å². The molecule has 442 valence electrons. The van der Waals surface area contributed by atoms with Crippen LogP contribution in [0.15, 0.2) is 83.0 Å². The number of para-hydroxylation sites is 1. The van der Waals surface area contributed by atoms with Gasteiger partial charge < -0.3 is 49.2 Å². The lowest BCUT2D eigenvalue weighted by Crippen LogP contribution is -2.61. The number of methoxy groups -OCH3 is 2. The summed E-state index contributed by atoms with van der Waals surface area (Å²) in [5, 5.41) is 43.3. The van der Waals surface area contributed by atoms with Gasteiger partial charge in [0.1, 0.15) is 24.4 Å². The predicted octanol–water partition coefficient (Wildman–Crippen LogP) is 9.13. The van der Waals surface area contributed by atoms with Crippen LogP contribution in [0.25, 0.3) is 0 Å². The monoisotopic (exact) mass is 1130 g/mol. The minimum absolute atomic E-state index is 0.0456. The number of benzene rings is 1. The average Bonchev–Trinajstić information content (AvgIpc) is 3.49. The van der Waals surface area contributed by atoms with Crippen molar-refractivity contribution in [3.8, 4) is 12.3 Å². The summed E-state index contributed by atoms with van der Waals surface area (Å²) in [4.78, 5) is 59.1. The number of amides is 1. The van der Waals surface area contributed by atoms with E-state index in [1.54, 1.807) is 41.1 Å². The fraction of sp³-hybridized carbons (Fsp3) is 0.651. The van der Waals surface area contributed by atoms with Gasteiger partial charge in [-0.2, -0.15) is 5.10 Å². The van der Waals surface area contributed by atoms with E-state index >= 15 is 0 Å². The van der Waals surface area contributed by atoms with Crippen LogP contribution in [-0.2, 0) is 42.9 Å². The number of anilines is 1. The van der Waals surface area contributed by atoms with Gasteiger partial charge in [0.25, 0.3) is 11.7 Å². The second-order valence-corrected chi connectivity index (χ2v) is 23.4. The molecule has 16 nitrogen and oxygen atoms in total. The Morgan fingerprint density at radius 2 is 1.66 bits per heavy atom. The standard InChI is InChI=1S/C63H92N4O12S/c1-11-12-13-22-33-77-52-31-29-47(37-55(52)76-10)36-43(5)54-39-50(65-66-62(80)64-48-25-18-15-19-26-48)42(4)35-45(7)57(69)58(70)56(68)44(6)34-40(2)23-16-14-17-24-41(3)53(75-9)38-49-30-28-46(8)63(74,79-49)59(71)60(72)67-32-21-20-27-51(67)61(73)78-54/h1,14-19,23-26,35,40,42-44,46-47,49,51-55,57-58,69-70,74H,12-13,20-22,27-34,36-39H2,2-10H3,(H2,64,66,80)/b17-14+,23-16+,41-24+,45-35+,65-50-/t40-,42-,43-,44-,46-,47+,49+,51+,52-,53+,54+,55-,57-,58+,63-/m1/s1.